The van der Waals surface area contributed by atoms with Gasteiger partial charge in [-0.1, -0.05) is 30.3 Å². The van der Waals surface area contributed by atoms with Crippen LogP contribution in [0.15, 0.2) is 35.7 Å². The van der Waals surface area contributed by atoms with Crippen molar-refractivity contribution in [3.63, 3.8) is 0 Å². The van der Waals surface area contributed by atoms with Crippen LogP contribution in [-0.4, -0.2) is 50.9 Å². The third-order valence-corrected chi connectivity index (χ3v) is 5.26. The molecule has 0 saturated carbocycles. The highest BCUT2D eigenvalue weighted by Gasteiger charge is 2.23. The van der Waals surface area contributed by atoms with Crippen molar-refractivity contribution in [3.8, 4) is 0 Å². The fourth-order valence-corrected chi connectivity index (χ4v) is 3.54. The van der Waals surface area contributed by atoms with E-state index in [1.54, 1.807) is 51.1 Å². The quantitative estimate of drug-likeness (QED) is 0.420. The van der Waals surface area contributed by atoms with Crippen molar-refractivity contribution in [2.75, 3.05) is 19.8 Å². The van der Waals surface area contributed by atoms with Crippen molar-refractivity contribution >= 4 is 33.8 Å². The minimum atomic E-state index is -3.86. The van der Waals surface area contributed by atoms with Crippen LogP contribution in [0.3, 0.4) is 0 Å². The Labute approximate surface area is 180 Å². The third-order valence-electron chi connectivity index (χ3n) is 4.22. The molecule has 0 radical (unpaired) electrons. The number of hydrogen-bond donors (Lipinski definition) is 2. The van der Waals surface area contributed by atoms with E-state index in [9.17, 15) is 22.8 Å². The molecule has 10 heteroatoms. The second-order valence-electron chi connectivity index (χ2n) is 6.51. The van der Waals surface area contributed by atoms with Crippen LogP contribution >= 0.6 is 0 Å². The van der Waals surface area contributed by atoms with E-state index in [4.69, 9.17) is 9.47 Å². The largest absolute Gasteiger partial charge is 0.461 e. The van der Waals surface area contributed by atoms with Crippen molar-refractivity contribution in [1.29, 1.82) is 0 Å². The molecular weight excluding hydrogens is 424 g/mol. The number of aromatic amines is 1. The first-order chi connectivity index (χ1) is 14.6. The number of carbonyl (C=O) groups is 3. The van der Waals surface area contributed by atoms with Gasteiger partial charge in [0, 0.05) is 16.7 Å². The zero-order valence-electron chi connectivity index (χ0n) is 17.4. The predicted octanol–water partition coefficient (Wildman–Crippen LogP) is 2.12. The number of aryl methyl sites for hydroxylation is 1. The van der Waals surface area contributed by atoms with Gasteiger partial charge >= 0.3 is 11.9 Å². The molecule has 2 N–H and O–H groups in total. The first kappa shape index (κ1) is 24.0. The van der Waals surface area contributed by atoms with Crippen LogP contribution in [0.2, 0.25) is 0 Å². The molecule has 0 fully saturated rings. The summed E-state index contributed by atoms with van der Waals surface area (Å²) in [6, 6.07) is 8.78. The van der Waals surface area contributed by atoms with E-state index in [-0.39, 0.29) is 17.9 Å². The molecule has 1 heterocycles. The first-order valence-electron chi connectivity index (χ1n) is 9.42. The maximum Gasteiger partial charge on any atom is 0.355 e. The lowest BCUT2D eigenvalue weighted by Crippen LogP contribution is -2.30. The topological polar surface area (TPSA) is 132 Å². The number of rotatable bonds is 10. The Hall–Kier alpha value is -3.24. The van der Waals surface area contributed by atoms with Crippen LogP contribution < -0.4 is 4.72 Å². The number of benzene rings is 1. The summed E-state index contributed by atoms with van der Waals surface area (Å²) in [4.78, 5) is 39.0. The molecule has 2 rings (SSSR count). The number of esters is 2. The molecule has 9 nitrogen and oxygen atoms in total. The molecule has 0 aliphatic heterocycles. The van der Waals surface area contributed by atoms with Gasteiger partial charge in [0.1, 0.15) is 12.2 Å². The maximum absolute atomic E-state index is 12.4. The van der Waals surface area contributed by atoms with Crippen LogP contribution in [0.4, 0.5) is 0 Å². The number of sulfonamides is 1. The SMILES string of the molecule is CCOC(=O)c1[nH]c(C)c(C(=O)COC(=O)CNS(=O)(=O)/C=C/c2ccccc2)c1C. The molecule has 1 aromatic carbocycles. The van der Waals surface area contributed by atoms with Crippen molar-refractivity contribution in [2.24, 2.45) is 0 Å². The summed E-state index contributed by atoms with van der Waals surface area (Å²) in [5.74, 6) is -2.03. The van der Waals surface area contributed by atoms with E-state index >= 15 is 0 Å². The third kappa shape index (κ3) is 6.90. The standard InChI is InChI=1S/C21H24N2O7S/c1-4-29-21(26)20-14(2)19(15(3)23-20)17(24)13-30-18(25)12-22-31(27,28)11-10-16-8-6-5-7-9-16/h5-11,22-23H,4,12-13H2,1-3H3/b11-10+. The summed E-state index contributed by atoms with van der Waals surface area (Å²) < 4.78 is 35.8. The molecule has 0 aliphatic carbocycles. The molecule has 0 saturated heterocycles. The van der Waals surface area contributed by atoms with Crippen molar-refractivity contribution in [1.82, 2.24) is 9.71 Å². The average Bonchev–Trinajstić information content (AvgIpc) is 3.04. The minimum Gasteiger partial charge on any atom is -0.461 e. The lowest BCUT2D eigenvalue weighted by Gasteiger charge is -2.06. The fraction of sp³-hybridized carbons (Fsp3) is 0.286. The lowest BCUT2D eigenvalue weighted by atomic mass is 10.1. The Morgan fingerprint density at radius 1 is 1.10 bits per heavy atom. The molecule has 2 aromatic rings. The number of carbonyl (C=O) groups excluding carboxylic acids is 3. The highest BCUT2D eigenvalue weighted by molar-refractivity contribution is 7.92. The first-order valence-corrected chi connectivity index (χ1v) is 11.0. The zero-order chi connectivity index (χ0) is 23.0. The number of nitrogens with one attached hydrogen (secondary N) is 2. The maximum atomic E-state index is 12.4. The predicted molar refractivity (Wildman–Crippen MR) is 114 cm³/mol. The summed E-state index contributed by atoms with van der Waals surface area (Å²) in [6.45, 7) is 3.82. The summed E-state index contributed by atoms with van der Waals surface area (Å²) in [5.41, 5.74) is 1.90. The minimum absolute atomic E-state index is 0.159. The molecule has 0 aliphatic rings. The number of Topliss-reactive ketones (excluding diaryl/α,β-unsaturated/α-hetero) is 1. The Morgan fingerprint density at radius 2 is 1.77 bits per heavy atom. The fourth-order valence-electron chi connectivity index (χ4n) is 2.78. The van der Waals surface area contributed by atoms with Gasteiger partial charge in [0.05, 0.1) is 6.61 Å². The van der Waals surface area contributed by atoms with E-state index in [1.807, 2.05) is 0 Å². The second kappa shape index (κ2) is 10.7. The molecule has 1 aromatic heterocycles. The summed E-state index contributed by atoms with van der Waals surface area (Å²) in [7, 11) is -3.86. The molecule has 0 amide bonds. The number of aromatic nitrogens is 1. The Kier molecular flexibility index (Phi) is 8.29. The van der Waals surface area contributed by atoms with Crippen LogP contribution in [0.25, 0.3) is 6.08 Å². The van der Waals surface area contributed by atoms with Gasteiger partial charge in [-0.3, -0.25) is 9.59 Å². The highest BCUT2D eigenvalue weighted by Crippen LogP contribution is 2.19. The normalized spacial score (nSPS) is 11.5. The van der Waals surface area contributed by atoms with Gasteiger partial charge < -0.3 is 14.5 Å². The van der Waals surface area contributed by atoms with E-state index in [0.29, 0.717) is 16.8 Å². The molecule has 0 unspecified atom stereocenters. The van der Waals surface area contributed by atoms with Crippen molar-refractivity contribution in [3.05, 3.63) is 63.8 Å². The van der Waals surface area contributed by atoms with Gasteiger partial charge in [-0.2, -0.15) is 0 Å². The van der Waals surface area contributed by atoms with Gasteiger partial charge in [0.2, 0.25) is 15.8 Å². The van der Waals surface area contributed by atoms with Crippen LogP contribution in [-0.2, 0) is 24.3 Å². The smallest absolute Gasteiger partial charge is 0.355 e. The van der Waals surface area contributed by atoms with Crippen LogP contribution in [0.1, 0.15) is 44.6 Å². The van der Waals surface area contributed by atoms with E-state index in [1.165, 1.54) is 6.08 Å². The van der Waals surface area contributed by atoms with Gasteiger partial charge in [-0.15, -0.1) is 0 Å². The van der Waals surface area contributed by atoms with Crippen molar-refractivity contribution < 1.29 is 32.3 Å². The highest BCUT2D eigenvalue weighted by atomic mass is 32.2. The Morgan fingerprint density at radius 3 is 2.42 bits per heavy atom. The molecular formula is C21H24N2O7S. The van der Waals surface area contributed by atoms with E-state index in [0.717, 1.165) is 5.41 Å². The van der Waals surface area contributed by atoms with Gasteiger partial charge in [-0.05, 0) is 38.0 Å². The lowest BCUT2D eigenvalue weighted by molar-refractivity contribution is -0.141. The Balaban J connectivity index is 1.91. The monoisotopic (exact) mass is 448 g/mol. The zero-order valence-corrected chi connectivity index (χ0v) is 18.2. The molecule has 31 heavy (non-hydrogen) atoms. The number of ketones is 1. The second-order valence-corrected chi connectivity index (χ2v) is 8.16. The van der Waals surface area contributed by atoms with Crippen LogP contribution in [0.5, 0.6) is 0 Å². The van der Waals surface area contributed by atoms with Gasteiger partial charge in [-0.25, -0.2) is 17.9 Å². The molecule has 0 atom stereocenters. The summed E-state index contributed by atoms with van der Waals surface area (Å²) >= 11 is 0. The number of H-pyrrole nitrogens is 1. The van der Waals surface area contributed by atoms with E-state index < -0.39 is 40.9 Å². The summed E-state index contributed by atoms with van der Waals surface area (Å²) in [5, 5.41) is 0.935. The van der Waals surface area contributed by atoms with Crippen molar-refractivity contribution in [2.45, 2.75) is 20.8 Å². The molecule has 0 spiro atoms. The average molecular weight is 448 g/mol. The molecule has 0 bridgehead atoms. The number of ether oxygens (including phenoxy) is 2. The Bertz CT molecular complexity index is 1090. The molecule has 166 valence electrons. The van der Waals surface area contributed by atoms with Gasteiger partial charge in [0.25, 0.3) is 0 Å². The summed E-state index contributed by atoms with van der Waals surface area (Å²) in [6.07, 6.45) is 1.38. The van der Waals surface area contributed by atoms with E-state index in [2.05, 4.69) is 9.71 Å². The van der Waals surface area contributed by atoms with Gasteiger partial charge in [0.15, 0.2) is 6.61 Å². The van der Waals surface area contributed by atoms with Crippen LogP contribution in [0, 0.1) is 13.8 Å². The number of hydrogen-bond acceptors (Lipinski definition) is 7.